The SMILES string of the molecule is CCCNCC(CCC(C)C)C(C)C. The van der Waals surface area contributed by atoms with Crippen LogP contribution in [-0.2, 0) is 0 Å². The second-order valence-corrected chi connectivity index (χ2v) is 5.18. The first-order chi connectivity index (χ1) is 6.57. The standard InChI is InChI=1S/C13H29N/c1-6-9-14-10-13(12(4)5)8-7-11(2)3/h11-14H,6-10H2,1-5H3. The molecule has 0 amide bonds. The fourth-order valence-corrected chi connectivity index (χ4v) is 1.68. The van der Waals surface area contributed by atoms with Gasteiger partial charge in [0.1, 0.15) is 0 Å². The molecule has 0 rings (SSSR count). The van der Waals surface area contributed by atoms with Crippen LogP contribution in [0.1, 0.15) is 53.9 Å². The zero-order valence-corrected chi connectivity index (χ0v) is 10.8. The van der Waals surface area contributed by atoms with Crippen LogP contribution in [0.15, 0.2) is 0 Å². The summed E-state index contributed by atoms with van der Waals surface area (Å²) < 4.78 is 0. The van der Waals surface area contributed by atoms with Crippen molar-refractivity contribution in [3.63, 3.8) is 0 Å². The van der Waals surface area contributed by atoms with Gasteiger partial charge in [-0.2, -0.15) is 0 Å². The van der Waals surface area contributed by atoms with Crippen LogP contribution in [-0.4, -0.2) is 13.1 Å². The van der Waals surface area contributed by atoms with Gasteiger partial charge < -0.3 is 5.32 Å². The van der Waals surface area contributed by atoms with E-state index in [1.54, 1.807) is 0 Å². The summed E-state index contributed by atoms with van der Waals surface area (Å²) in [5, 5.41) is 3.54. The topological polar surface area (TPSA) is 12.0 Å². The second-order valence-electron chi connectivity index (χ2n) is 5.18. The van der Waals surface area contributed by atoms with Crippen molar-refractivity contribution in [3.8, 4) is 0 Å². The molecule has 0 aliphatic carbocycles. The van der Waals surface area contributed by atoms with Crippen molar-refractivity contribution in [2.24, 2.45) is 17.8 Å². The van der Waals surface area contributed by atoms with Gasteiger partial charge in [0.25, 0.3) is 0 Å². The molecular weight excluding hydrogens is 170 g/mol. The van der Waals surface area contributed by atoms with E-state index in [1.807, 2.05) is 0 Å². The summed E-state index contributed by atoms with van der Waals surface area (Å²) in [5.41, 5.74) is 0. The Balaban J connectivity index is 3.66. The van der Waals surface area contributed by atoms with Crippen LogP contribution in [0.25, 0.3) is 0 Å². The lowest BCUT2D eigenvalue weighted by Gasteiger charge is -2.22. The van der Waals surface area contributed by atoms with Gasteiger partial charge in [0, 0.05) is 0 Å². The number of nitrogens with one attached hydrogen (secondary N) is 1. The zero-order valence-electron chi connectivity index (χ0n) is 10.8. The molecule has 14 heavy (non-hydrogen) atoms. The molecule has 1 unspecified atom stereocenters. The molecule has 0 aromatic heterocycles. The van der Waals surface area contributed by atoms with Crippen molar-refractivity contribution in [1.82, 2.24) is 5.32 Å². The molecule has 0 aliphatic heterocycles. The third kappa shape index (κ3) is 7.37. The Kier molecular flexibility index (Phi) is 8.26. The van der Waals surface area contributed by atoms with E-state index in [-0.39, 0.29) is 0 Å². The Hall–Kier alpha value is -0.0400. The molecule has 1 N–H and O–H groups in total. The summed E-state index contributed by atoms with van der Waals surface area (Å²) in [6, 6.07) is 0. The van der Waals surface area contributed by atoms with E-state index in [4.69, 9.17) is 0 Å². The predicted molar refractivity (Wildman–Crippen MR) is 65.6 cm³/mol. The van der Waals surface area contributed by atoms with E-state index in [0.717, 1.165) is 17.8 Å². The van der Waals surface area contributed by atoms with Gasteiger partial charge in [0.2, 0.25) is 0 Å². The van der Waals surface area contributed by atoms with Crippen molar-refractivity contribution < 1.29 is 0 Å². The highest BCUT2D eigenvalue weighted by Gasteiger charge is 2.12. The molecule has 0 fully saturated rings. The van der Waals surface area contributed by atoms with Crippen LogP contribution in [0.3, 0.4) is 0 Å². The maximum absolute atomic E-state index is 3.54. The van der Waals surface area contributed by atoms with Crippen molar-refractivity contribution in [1.29, 1.82) is 0 Å². The number of rotatable bonds is 8. The molecule has 0 spiro atoms. The minimum atomic E-state index is 0.818. The first-order valence-corrected chi connectivity index (χ1v) is 6.28. The van der Waals surface area contributed by atoms with Gasteiger partial charge in [0.05, 0.1) is 0 Å². The Morgan fingerprint density at radius 2 is 1.64 bits per heavy atom. The maximum Gasteiger partial charge on any atom is -0.00181 e. The van der Waals surface area contributed by atoms with Crippen molar-refractivity contribution in [2.75, 3.05) is 13.1 Å². The van der Waals surface area contributed by atoms with E-state index in [9.17, 15) is 0 Å². The molecule has 0 saturated carbocycles. The van der Waals surface area contributed by atoms with Crippen molar-refractivity contribution >= 4 is 0 Å². The highest BCUT2D eigenvalue weighted by molar-refractivity contribution is 4.67. The molecule has 0 radical (unpaired) electrons. The van der Waals surface area contributed by atoms with Gasteiger partial charge in [-0.3, -0.25) is 0 Å². The fourth-order valence-electron chi connectivity index (χ4n) is 1.68. The molecule has 0 heterocycles. The first-order valence-electron chi connectivity index (χ1n) is 6.28. The van der Waals surface area contributed by atoms with Crippen LogP contribution in [0.5, 0.6) is 0 Å². The van der Waals surface area contributed by atoms with Crippen molar-refractivity contribution in [3.05, 3.63) is 0 Å². The fraction of sp³-hybridized carbons (Fsp3) is 1.00. The average molecular weight is 199 g/mol. The quantitative estimate of drug-likeness (QED) is 0.588. The minimum Gasteiger partial charge on any atom is -0.316 e. The Labute approximate surface area is 90.7 Å². The molecule has 0 bridgehead atoms. The van der Waals surface area contributed by atoms with Gasteiger partial charge in [-0.25, -0.2) is 0 Å². The Bertz CT molecular complexity index is 118. The van der Waals surface area contributed by atoms with Crippen LogP contribution in [0, 0.1) is 17.8 Å². The van der Waals surface area contributed by atoms with Gasteiger partial charge in [-0.1, -0.05) is 41.0 Å². The van der Waals surface area contributed by atoms with E-state index in [2.05, 4.69) is 39.9 Å². The molecule has 0 saturated heterocycles. The van der Waals surface area contributed by atoms with E-state index in [1.165, 1.54) is 32.4 Å². The van der Waals surface area contributed by atoms with E-state index in [0.29, 0.717) is 0 Å². The van der Waals surface area contributed by atoms with Crippen LogP contribution < -0.4 is 5.32 Å². The smallest absolute Gasteiger partial charge is 0.00181 e. The molecule has 0 aromatic rings. The monoisotopic (exact) mass is 199 g/mol. The molecule has 1 heteroatoms. The summed E-state index contributed by atoms with van der Waals surface area (Å²) >= 11 is 0. The lowest BCUT2D eigenvalue weighted by molar-refractivity contribution is 0.317. The zero-order chi connectivity index (χ0) is 11.0. The molecular formula is C13H29N. The van der Waals surface area contributed by atoms with Crippen LogP contribution >= 0.6 is 0 Å². The molecule has 0 aliphatic rings. The molecule has 1 atom stereocenters. The lowest BCUT2D eigenvalue weighted by atomic mass is 9.88. The number of hydrogen-bond donors (Lipinski definition) is 1. The molecule has 86 valence electrons. The van der Waals surface area contributed by atoms with E-state index >= 15 is 0 Å². The highest BCUT2D eigenvalue weighted by atomic mass is 14.9. The first kappa shape index (κ1) is 14.0. The average Bonchev–Trinajstić information content (AvgIpc) is 2.10. The van der Waals surface area contributed by atoms with Crippen LogP contribution in [0.4, 0.5) is 0 Å². The van der Waals surface area contributed by atoms with Gasteiger partial charge in [-0.05, 0) is 43.7 Å². The van der Waals surface area contributed by atoms with Gasteiger partial charge >= 0.3 is 0 Å². The Morgan fingerprint density at radius 3 is 2.07 bits per heavy atom. The third-order valence-corrected chi connectivity index (χ3v) is 2.89. The third-order valence-electron chi connectivity index (χ3n) is 2.89. The Morgan fingerprint density at radius 1 is 1.00 bits per heavy atom. The highest BCUT2D eigenvalue weighted by Crippen LogP contribution is 2.19. The molecule has 1 nitrogen and oxygen atoms in total. The normalized spacial score (nSPS) is 13.9. The molecule has 0 aromatic carbocycles. The minimum absolute atomic E-state index is 0.818. The summed E-state index contributed by atoms with van der Waals surface area (Å²) in [6.07, 6.45) is 4.00. The number of hydrogen-bond acceptors (Lipinski definition) is 1. The second kappa shape index (κ2) is 8.28. The largest absolute Gasteiger partial charge is 0.316 e. The van der Waals surface area contributed by atoms with Gasteiger partial charge in [0.15, 0.2) is 0 Å². The predicted octanol–water partition coefficient (Wildman–Crippen LogP) is 3.69. The summed E-state index contributed by atoms with van der Waals surface area (Å²) in [5.74, 6) is 2.53. The van der Waals surface area contributed by atoms with Crippen molar-refractivity contribution in [2.45, 2.75) is 53.9 Å². The van der Waals surface area contributed by atoms with Crippen LogP contribution in [0.2, 0.25) is 0 Å². The van der Waals surface area contributed by atoms with E-state index < -0.39 is 0 Å². The lowest BCUT2D eigenvalue weighted by Crippen LogP contribution is -2.27. The summed E-state index contributed by atoms with van der Waals surface area (Å²) in [4.78, 5) is 0. The maximum atomic E-state index is 3.54. The summed E-state index contributed by atoms with van der Waals surface area (Å²) in [6.45, 7) is 13.9. The summed E-state index contributed by atoms with van der Waals surface area (Å²) in [7, 11) is 0. The van der Waals surface area contributed by atoms with Gasteiger partial charge in [-0.15, -0.1) is 0 Å².